The van der Waals surface area contributed by atoms with Crippen LogP contribution in [0, 0.1) is 0 Å². The highest BCUT2D eigenvalue weighted by Gasteiger charge is 2.30. The molecule has 4 heteroatoms. The van der Waals surface area contributed by atoms with Crippen molar-refractivity contribution in [2.24, 2.45) is 0 Å². The lowest BCUT2D eigenvalue weighted by atomic mass is 9.82. The van der Waals surface area contributed by atoms with Gasteiger partial charge in [0.05, 0.1) is 0 Å². The van der Waals surface area contributed by atoms with Gasteiger partial charge in [-0.2, -0.15) is 0 Å². The van der Waals surface area contributed by atoms with Gasteiger partial charge in [0.1, 0.15) is 5.60 Å². The highest BCUT2D eigenvalue weighted by atomic mass is 35.5. The molecule has 0 aliphatic carbocycles. The number of hydrogen-bond donors (Lipinski definition) is 2. The average molecular weight is 339 g/mol. The van der Waals surface area contributed by atoms with E-state index in [1.807, 2.05) is 24.3 Å². The van der Waals surface area contributed by atoms with Gasteiger partial charge < -0.3 is 10.2 Å². The van der Waals surface area contributed by atoms with E-state index >= 15 is 0 Å². The molecule has 0 amide bonds. The molecule has 0 unspecified atom stereocenters. The fraction of sp³-hybridized carbons (Fsp3) is 0.333. The van der Waals surface area contributed by atoms with Gasteiger partial charge in [0, 0.05) is 16.7 Å². The Labute approximate surface area is 141 Å². The summed E-state index contributed by atoms with van der Waals surface area (Å²) in [4.78, 5) is 0. The summed E-state index contributed by atoms with van der Waals surface area (Å²) in [6.45, 7) is 0.181. The summed E-state index contributed by atoms with van der Waals surface area (Å²) < 4.78 is 0. The van der Waals surface area contributed by atoms with Gasteiger partial charge in [0.2, 0.25) is 0 Å². The molecule has 0 saturated carbocycles. The van der Waals surface area contributed by atoms with Crippen molar-refractivity contribution in [1.29, 1.82) is 0 Å². The predicted molar refractivity (Wildman–Crippen MR) is 91.5 cm³/mol. The molecule has 0 bridgehead atoms. The summed E-state index contributed by atoms with van der Waals surface area (Å²) in [7, 11) is 0. The Morgan fingerprint density at radius 2 is 1.18 bits per heavy atom. The second-order valence-electron chi connectivity index (χ2n) is 5.41. The third-order valence-electron chi connectivity index (χ3n) is 3.84. The van der Waals surface area contributed by atoms with Crippen LogP contribution < -0.4 is 0 Å². The van der Waals surface area contributed by atoms with Gasteiger partial charge >= 0.3 is 0 Å². The van der Waals surface area contributed by atoms with Gasteiger partial charge in [-0.15, -0.1) is 0 Å². The van der Waals surface area contributed by atoms with Crippen molar-refractivity contribution in [3.05, 3.63) is 69.7 Å². The zero-order valence-electron chi connectivity index (χ0n) is 12.3. The molecule has 0 aliphatic heterocycles. The third kappa shape index (κ3) is 4.23. The lowest BCUT2D eigenvalue weighted by Crippen LogP contribution is -2.27. The van der Waals surface area contributed by atoms with Crippen molar-refractivity contribution < 1.29 is 10.2 Å². The maximum absolute atomic E-state index is 11.3. The van der Waals surface area contributed by atoms with E-state index in [4.69, 9.17) is 28.3 Å². The number of unbranched alkanes of at least 4 members (excludes halogenated alkanes) is 2. The molecule has 0 radical (unpaired) electrons. The molecular weight excluding hydrogens is 319 g/mol. The van der Waals surface area contributed by atoms with Crippen molar-refractivity contribution in [3.63, 3.8) is 0 Å². The highest BCUT2D eigenvalue weighted by molar-refractivity contribution is 6.30. The van der Waals surface area contributed by atoms with Crippen molar-refractivity contribution in [2.45, 2.75) is 31.3 Å². The van der Waals surface area contributed by atoms with E-state index < -0.39 is 5.60 Å². The first kappa shape index (κ1) is 17.3. The Morgan fingerprint density at radius 3 is 1.59 bits per heavy atom. The molecule has 22 heavy (non-hydrogen) atoms. The largest absolute Gasteiger partial charge is 0.396 e. The minimum absolute atomic E-state index is 0.181. The maximum atomic E-state index is 11.3. The maximum Gasteiger partial charge on any atom is 0.115 e. The van der Waals surface area contributed by atoms with Crippen molar-refractivity contribution in [1.82, 2.24) is 0 Å². The Bertz CT molecular complexity index is 534. The zero-order valence-corrected chi connectivity index (χ0v) is 13.8. The summed E-state index contributed by atoms with van der Waals surface area (Å²) in [6.07, 6.45) is 3.02. The number of halogens is 2. The molecule has 2 nitrogen and oxygen atoms in total. The van der Waals surface area contributed by atoms with Crippen molar-refractivity contribution >= 4 is 23.2 Å². The molecule has 0 spiro atoms. The van der Waals surface area contributed by atoms with E-state index in [1.54, 1.807) is 24.3 Å². The predicted octanol–water partition coefficient (Wildman–Crippen LogP) is 4.78. The average Bonchev–Trinajstić information content (AvgIpc) is 2.52. The molecule has 118 valence electrons. The first-order valence-electron chi connectivity index (χ1n) is 7.41. The highest BCUT2D eigenvalue weighted by Crippen LogP contribution is 2.35. The van der Waals surface area contributed by atoms with Gasteiger partial charge in [0.25, 0.3) is 0 Å². The van der Waals surface area contributed by atoms with Gasteiger partial charge in [0.15, 0.2) is 0 Å². The molecule has 0 heterocycles. The molecular formula is C18H20Cl2O2. The van der Waals surface area contributed by atoms with Gasteiger partial charge in [-0.1, -0.05) is 53.9 Å². The summed E-state index contributed by atoms with van der Waals surface area (Å²) in [5.41, 5.74) is 0.538. The van der Waals surface area contributed by atoms with Crippen LogP contribution in [0.4, 0.5) is 0 Å². The Hall–Kier alpha value is -1.06. The second kappa shape index (κ2) is 7.98. The minimum atomic E-state index is -1.08. The molecule has 0 aromatic heterocycles. The quantitative estimate of drug-likeness (QED) is 0.713. The molecule has 2 aromatic rings. The fourth-order valence-electron chi connectivity index (χ4n) is 2.58. The van der Waals surface area contributed by atoms with Crippen LogP contribution in [0.25, 0.3) is 0 Å². The molecule has 0 atom stereocenters. The molecule has 0 aliphatic rings. The summed E-state index contributed by atoms with van der Waals surface area (Å²) in [6, 6.07) is 14.5. The van der Waals surface area contributed by atoms with Gasteiger partial charge in [-0.05, 0) is 54.7 Å². The second-order valence-corrected chi connectivity index (χ2v) is 6.28. The van der Waals surface area contributed by atoms with Crippen LogP contribution in [-0.4, -0.2) is 16.8 Å². The van der Waals surface area contributed by atoms with E-state index in [0.717, 1.165) is 30.4 Å². The van der Waals surface area contributed by atoms with Crippen LogP contribution in [-0.2, 0) is 5.60 Å². The van der Waals surface area contributed by atoms with Crippen LogP contribution in [0.1, 0.15) is 36.8 Å². The van der Waals surface area contributed by atoms with Gasteiger partial charge in [-0.3, -0.25) is 0 Å². The third-order valence-corrected chi connectivity index (χ3v) is 4.34. The summed E-state index contributed by atoms with van der Waals surface area (Å²) >= 11 is 11.9. The van der Waals surface area contributed by atoms with E-state index in [9.17, 15) is 5.11 Å². The molecule has 2 aromatic carbocycles. The fourth-order valence-corrected chi connectivity index (χ4v) is 2.83. The van der Waals surface area contributed by atoms with Crippen LogP contribution in [0.15, 0.2) is 48.5 Å². The number of aliphatic hydroxyl groups is 2. The number of rotatable bonds is 7. The Balaban J connectivity index is 2.30. The Kier molecular flexibility index (Phi) is 6.27. The normalized spacial score (nSPS) is 11.6. The number of aliphatic hydroxyl groups excluding tert-OH is 1. The SMILES string of the molecule is OCCCCCC(O)(c1ccc(Cl)cc1)c1ccc(Cl)cc1. The monoisotopic (exact) mass is 338 g/mol. The van der Waals surface area contributed by atoms with Crippen LogP contribution >= 0.6 is 23.2 Å². The zero-order chi connectivity index (χ0) is 16.0. The first-order valence-corrected chi connectivity index (χ1v) is 8.17. The molecule has 0 saturated heterocycles. The molecule has 0 fully saturated rings. The van der Waals surface area contributed by atoms with E-state index in [1.165, 1.54) is 0 Å². The number of benzene rings is 2. The van der Waals surface area contributed by atoms with E-state index in [0.29, 0.717) is 16.5 Å². The van der Waals surface area contributed by atoms with Crippen LogP contribution in [0.5, 0.6) is 0 Å². The summed E-state index contributed by atoms with van der Waals surface area (Å²) in [5.74, 6) is 0. The van der Waals surface area contributed by atoms with Gasteiger partial charge in [-0.25, -0.2) is 0 Å². The molecule has 2 rings (SSSR count). The topological polar surface area (TPSA) is 40.5 Å². The van der Waals surface area contributed by atoms with Crippen LogP contribution in [0.3, 0.4) is 0 Å². The smallest absolute Gasteiger partial charge is 0.115 e. The van der Waals surface area contributed by atoms with E-state index in [2.05, 4.69) is 0 Å². The van der Waals surface area contributed by atoms with Crippen LogP contribution in [0.2, 0.25) is 10.0 Å². The standard InChI is InChI=1S/C18H20Cl2O2/c19-16-8-4-14(5-9-16)18(22,12-2-1-3-13-21)15-6-10-17(20)11-7-15/h4-11,21-22H,1-3,12-13H2. The lowest BCUT2D eigenvalue weighted by molar-refractivity contribution is 0.0674. The van der Waals surface area contributed by atoms with Crippen molar-refractivity contribution in [2.75, 3.05) is 6.61 Å². The summed E-state index contributed by atoms with van der Waals surface area (Å²) in [5, 5.41) is 21.5. The molecule has 2 N–H and O–H groups in total. The lowest BCUT2D eigenvalue weighted by Gasteiger charge is -2.30. The number of hydrogen-bond acceptors (Lipinski definition) is 2. The van der Waals surface area contributed by atoms with E-state index in [-0.39, 0.29) is 6.61 Å². The minimum Gasteiger partial charge on any atom is -0.396 e. The first-order chi connectivity index (χ1) is 10.6. The Morgan fingerprint density at radius 1 is 0.727 bits per heavy atom. The van der Waals surface area contributed by atoms with Crippen molar-refractivity contribution in [3.8, 4) is 0 Å².